The largest absolute Gasteiger partial charge is 0.241 e. The van der Waals surface area contributed by atoms with E-state index < -0.39 is 10.0 Å². The van der Waals surface area contributed by atoms with Crippen LogP contribution >= 0.6 is 0 Å². The third-order valence-electron chi connectivity index (χ3n) is 2.93. The third-order valence-corrected chi connectivity index (χ3v) is 4.49. The van der Waals surface area contributed by atoms with Gasteiger partial charge in [-0.2, -0.15) is 0 Å². The van der Waals surface area contributed by atoms with Crippen molar-refractivity contribution in [2.75, 3.05) is 0 Å². The first-order chi connectivity index (χ1) is 8.99. The lowest BCUT2D eigenvalue weighted by molar-refractivity contribution is 0.580. The highest BCUT2D eigenvalue weighted by Crippen LogP contribution is 2.14. The zero-order valence-corrected chi connectivity index (χ0v) is 11.9. The van der Waals surface area contributed by atoms with Crippen LogP contribution < -0.4 is 4.72 Å². The second-order valence-electron chi connectivity index (χ2n) is 4.58. The van der Waals surface area contributed by atoms with E-state index in [1.54, 1.807) is 25.1 Å². The van der Waals surface area contributed by atoms with Crippen molar-refractivity contribution in [3.05, 3.63) is 65.2 Å². The Morgan fingerprint density at radius 3 is 2.42 bits per heavy atom. The van der Waals surface area contributed by atoms with Gasteiger partial charge >= 0.3 is 0 Å². The molecule has 0 spiro atoms. The van der Waals surface area contributed by atoms with Crippen LogP contribution in [0.4, 0.5) is 0 Å². The highest BCUT2D eigenvalue weighted by molar-refractivity contribution is 7.89. The number of aryl methyl sites for hydroxylation is 2. The molecule has 0 aliphatic carbocycles. The summed E-state index contributed by atoms with van der Waals surface area (Å²) in [6, 6.07) is 14.8. The number of rotatable bonds is 4. The third kappa shape index (κ3) is 3.43. The first-order valence-electron chi connectivity index (χ1n) is 6.10. The molecule has 2 rings (SSSR count). The molecule has 19 heavy (non-hydrogen) atoms. The van der Waals surface area contributed by atoms with E-state index in [1.165, 1.54) is 0 Å². The van der Waals surface area contributed by atoms with Crippen molar-refractivity contribution in [3.8, 4) is 0 Å². The lowest BCUT2D eigenvalue weighted by atomic mass is 10.1. The molecule has 1 N–H and O–H groups in total. The monoisotopic (exact) mass is 275 g/mol. The fraction of sp³-hybridized carbons (Fsp3) is 0.200. The Morgan fingerprint density at radius 1 is 1.00 bits per heavy atom. The second kappa shape index (κ2) is 5.55. The lowest BCUT2D eigenvalue weighted by Gasteiger charge is -2.09. The molecule has 0 saturated heterocycles. The van der Waals surface area contributed by atoms with Crippen LogP contribution in [0.25, 0.3) is 0 Å². The predicted octanol–water partition coefficient (Wildman–Crippen LogP) is 2.78. The average Bonchev–Trinajstić information content (AvgIpc) is 2.37. The molecular weight excluding hydrogens is 258 g/mol. The number of hydrogen-bond acceptors (Lipinski definition) is 2. The van der Waals surface area contributed by atoms with Gasteiger partial charge in [0.05, 0.1) is 4.90 Å². The summed E-state index contributed by atoms with van der Waals surface area (Å²) in [5, 5.41) is 0. The molecule has 0 aliphatic rings. The number of benzene rings is 2. The zero-order chi connectivity index (χ0) is 13.9. The molecule has 0 bridgehead atoms. The van der Waals surface area contributed by atoms with Gasteiger partial charge in [0.15, 0.2) is 0 Å². The van der Waals surface area contributed by atoms with E-state index in [0.717, 1.165) is 16.7 Å². The SMILES string of the molecule is Cc1cccc(CNS(=O)(=O)c2ccccc2C)c1. The van der Waals surface area contributed by atoms with Crippen LogP contribution in [0.1, 0.15) is 16.7 Å². The van der Waals surface area contributed by atoms with Gasteiger partial charge in [-0.25, -0.2) is 13.1 Å². The fourth-order valence-corrected chi connectivity index (χ4v) is 3.20. The first-order valence-corrected chi connectivity index (χ1v) is 7.58. The normalized spacial score (nSPS) is 11.5. The van der Waals surface area contributed by atoms with Crippen LogP contribution in [0.15, 0.2) is 53.4 Å². The summed E-state index contributed by atoms with van der Waals surface area (Å²) in [7, 11) is -3.45. The topological polar surface area (TPSA) is 46.2 Å². The van der Waals surface area contributed by atoms with Crippen LogP contribution in [0.5, 0.6) is 0 Å². The molecule has 100 valence electrons. The Hall–Kier alpha value is -1.65. The van der Waals surface area contributed by atoms with Crippen molar-refractivity contribution in [1.29, 1.82) is 0 Å². The van der Waals surface area contributed by atoms with E-state index in [1.807, 2.05) is 37.3 Å². The minimum Gasteiger partial charge on any atom is -0.207 e. The van der Waals surface area contributed by atoms with Gasteiger partial charge in [0.2, 0.25) is 10.0 Å². The number of nitrogens with one attached hydrogen (secondary N) is 1. The molecule has 2 aromatic carbocycles. The molecule has 2 aromatic rings. The minimum atomic E-state index is -3.45. The zero-order valence-electron chi connectivity index (χ0n) is 11.1. The molecule has 0 aromatic heterocycles. The highest BCUT2D eigenvalue weighted by Gasteiger charge is 2.15. The summed E-state index contributed by atoms with van der Waals surface area (Å²) in [6.07, 6.45) is 0. The van der Waals surface area contributed by atoms with Crippen molar-refractivity contribution in [1.82, 2.24) is 4.72 Å². The van der Waals surface area contributed by atoms with Gasteiger partial charge in [-0.05, 0) is 31.0 Å². The van der Waals surface area contributed by atoms with Gasteiger partial charge in [0.1, 0.15) is 0 Å². The molecule has 0 fully saturated rings. The molecule has 0 amide bonds. The van der Waals surface area contributed by atoms with Crippen molar-refractivity contribution in [2.45, 2.75) is 25.3 Å². The summed E-state index contributed by atoms with van der Waals surface area (Å²) < 4.78 is 27.0. The van der Waals surface area contributed by atoms with E-state index >= 15 is 0 Å². The predicted molar refractivity (Wildman–Crippen MR) is 76.4 cm³/mol. The molecule has 4 heteroatoms. The van der Waals surface area contributed by atoms with E-state index in [0.29, 0.717) is 11.4 Å². The van der Waals surface area contributed by atoms with Crippen LogP contribution in [0.3, 0.4) is 0 Å². The van der Waals surface area contributed by atoms with Gasteiger partial charge in [0.25, 0.3) is 0 Å². The Labute approximate surface area is 114 Å². The van der Waals surface area contributed by atoms with Crippen molar-refractivity contribution >= 4 is 10.0 Å². The average molecular weight is 275 g/mol. The van der Waals surface area contributed by atoms with E-state index in [2.05, 4.69) is 4.72 Å². The van der Waals surface area contributed by atoms with Crippen molar-refractivity contribution < 1.29 is 8.42 Å². The van der Waals surface area contributed by atoms with Crippen molar-refractivity contribution in [3.63, 3.8) is 0 Å². The summed E-state index contributed by atoms with van der Waals surface area (Å²) >= 11 is 0. The maximum atomic E-state index is 12.2. The minimum absolute atomic E-state index is 0.304. The van der Waals surface area contributed by atoms with Crippen molar-refractivity contribution in [2.24, 2.45) is 0 Å². The molecule has 0 radical (unpaired) electrons. The Balaban J connectivity index is 2.17. The summed E-state index contributed by atoms with van der Waals surface area (Å²) in [5.74, 6) is 0. The Morgan fingerprint density at radius 2 is 1.74 bits per heavy atom. The summed E-state index contributed by atoms with van der Waals surface area (Å²) in [4.78, 5) is 0.336. The van der Waals surface area contributed by atoms with Gasteiger partial charge in [0, 0.05) is 6.54 Å². The van der Waals surface area contributed by atoms with E-state index in [4.69, 9.17) is 0 Å². The fourth-order valence-electron chi connectivity index (χ4n) is 1.94. The lowest BCUT2D eigenvalue weighted by Crippen LogP contribution is -2.23. The molecule has 0 unspecified atom stereocenters. The molecule has 0 aliphatic heterocycles. The molecule has 3 nitrogen and oxygen atoms in total. The molecule has 0 atom stereocenters. The van der Waals surface area contributed by atoms with E-state index in [9.17, 15) is 8.42 Å². The van der Waals surface area contributed by atoms with Gasteiger partial charge in [-0.1, -0.05) is 48.0 Å². The number of sulfonamides is 1. The summed E-state index contributed by atoms with van der Waals surface area (Å²) in [6.45, 7) is 4.08. The van der Waals surface area contributed by atoms with E-state index in [-0.39, 0.29) is 0 Å². The summed E-state index contributed by atoms with van der Waals surface area (Å²) in [5.41, 5.74) is 2.82. The maximum Gasteiger partial charge on any atom is 0.241 e. The number of hydrogen-bond donors (Lipinski definition) is 1. The van der Waals surface area contributed by atoms with Crippen LogP contribution in [-0.2, 0) is 16.6 Å². The van der Waals surface area contributed by atoms with Crippen LogP contribution in [0, 0.1) is 13.8 Å². The molecule has 0 heterocycles. The van der Waals surface area contributed by atoms with Gasteiger partial charge in [-0.3, -0.25) is 0 Å². The van der Waals surface area contributed by atoms with Gasteiger partial charge < -0.3 is 0 Å². The highest BCUT2D eigenvalue weighted by atomic mass is 32.2. The second-order valence-corrected chi connectivity index (χ2v) is 6.31. The molecule has 0 saturated carbocycles. The Bertz CT molecular complexity index is 678. The quantitative estimate of drug-likeness (QED) is 0.932. The standard InChI is InChI=1S/C15H17NO2S/c1-12-6-5-8-14(10-12)11-16-19(17,18)15-9-4-3-7-13(15)2/h3-10,16H,11H2,1-2H3. The van der Waals surface area contributed by atoms with Crippen LogP contribution in [-0.4, -0.2) is 8.42 Å². The molecular formula is C15H17NO2S. The Kier molecular flexibility index (Phi) is 4.02. The first kappa shape index (κ1) is 13.8. The van der Waals surface area contributed by atoms with Gasteiger partial charge in [-0.15, -0.1) is 0 Å². The smallest absolute Gasteiger partial charge is 0.207 e. The van der Waals surface area contributed by atoms with Crippen LogP contribution in [0.2, 0.25) is 0 Å². The maximum absolute atomic E-state index is 12.2.